The maximum absolute atomic E-state index is 6.47. The van der Waals surface area contributed by atoms with E-state index in [1.165, 1.54) is 101 Å². The van der Waals surface area contributed by atoms with E-state index in [0.29, 0.717) is 11.8 Å². The summed E-state index contributed by atoms with van der Waals surface area (Å²) in [6.45, 7) is 1.74. The molecule has 2 N–H and O–H groups in total. The summed E-state index contributed by atoms with van der Waals surface area (Å²) in [5, 5.41) is 0. The molecule has 2 aliphatic carbocycles. The van der Waals surface area contributed by atoms with Crippen molar-refractivity contribution in [3.63, 3.8) is 0 Å². The zero-order valence-corrected chi connectivity index (χ0v) is 20.6. The molecule has 2 aromatic heterocycles. The van der Waals surface area contributed by atoms with Gasteiger partial charge in [0, 0.05) is 37.0 Å². The lowest BCUT2D eigenvalue weighted by Crippen LogP contribution is -2.20. The summed E-state index contributed by atoms with van der Waals surface area (Å²) in [4.78, 5) is 15.1. The fraction of sp³-hybridized carbons (Fsp3) is 0.786. The molecule has 0 saturated heterocycles. The molecular formula is C28H46N4O. The number of nitrogens with zero attached hydrogens (tertiary/aromatic N) is 2. The first-order valence-corrected chi connectivity index (χ1v) is 13.9. The number of hydrogen-bond acceptors (Lipinski definition) is 3. The van der Waals surface area contributed by atoms with E-state index in [2.05, 4.69) is 19.9 Å². The lowest BCUT2D eigenvalue weighted by atomic mass is 9.83. The van der Waals surface area contributed by atoms with E-state index in [-0.39, 0.29) is 0 Å². The molecule has 2 fully saturated rings. The Morgan fingerprint density at radius 2 is 1.15 bits per heavy atom. The largest absolute Gasteiger partial charge is 0.381 e. The normalized spacial score (nSPS) is 20.1. The Morgan fingerprint density at radius 1 is 0.697 bits per heavy atom. The molecule has 2 heterocycles. The second-order valence-corrected chi connectivity index (χ2v) is 11.0. The van der Waals surface area contributed by atoms with Gasteiger partial charge < -0.3 is 14.7 Å². The van der Waals surface area contributed by atoms with Gasteiger partial charge >= 0.3 is 0 Å². The van der Waals surface area contributed by atoms with Gasteiger partial charge in [-0.15, -0.1) is 0 Å². The van der Waals surface area contributed by atoms with Crippen molar-refractivity contribution in [2.75, 3.05) is 13.2 Å². The van der Waals surface area contributed by atoms with Crippen LogP contribution in [0.2, 0.25) is 0 Å². The van der Waals surface area contributed by atoms with Crippen LogP contribution in [0.3, 0.4) is 0 Å². The highest BCUT2D eigenvalue weighted by atomic mass is 16.5. The summed E-state index contributed by atoms with van der Waals surface area (Å²) < 4.78 is 6.47. The SMILES string of the molecule is c1ncc(CC(CCC2CCCCC2)COCC(CCC2CCCCC2)Cc2cnc[nH]2)[nH]1. The zero-order valence-electron chi connectivity index (χ0n) is 20.6. The van der Waals surface area contributed by atoms with Crippen molar-refractivity contribution < 1.29 is 4.74 Å². The lowest BCUT2D eigenvalue weighted by Gasteiger charge is -2.26. The molecule has 2 aromatic rings. The van der Waals surface area contributed by atoms with Crippen molar-refractivity contribution >= 4 is 0 Å². The lowest BCUT2D eigenvalue weighted by molar-refractivity contribution is 0.0610. The van der Waals surface area contributed by atoms with Gasteiger partial charge in [0.05, 0.1) is 12.7 Å². The highest BCUT2D eigenvalue weighted by molar-refractivity contribution is 4.97. The van der Waals surface area contributed by atoms with Crippen molar-refractivity contribution in [2.45, 2.75) is 103 Å². The Kier molecular flexibility index (Phi) is 10.3. The molecule has 0 aromatic carbocycles. The van der Waals surface area contributed by atoms with Crippen molar-refractivity contribution in [3.8, 4) is 0 Å². The van der Waals surface area contributed by atoms with Crippen LogP contribution in [-0.2, 0) is 17.6 Å². The van der Waals surface area contributed by atoms with Gasteiger partial charge in [-0.1, -0.05) is 77.0 Å². The maximum Gasteiger partial charge on any atom is 0.0921 e. The summed E-state index contributed by atoms with van der Waals surface area (Å²) in [5.74, 6) is 3.04. The third kappa shape index (κ3) is 8.92. The molecule has 5 nitrogen and oxygen atoms in total. The predicted molar refractivity (Wildman–Crippen MR) is 134 cm³/mol. The summed E-state index contributed by atoms with van der Waals surface area (Å²) in [6, 6.07) is 0. The van der Waals surface area contributed by atoms with Crippen LogP contribution in [-0.4, -0.2) is 33.1 Å². The molecule has 0 bridgehead atoms. The van der Waals surface area contributed by atoms with E-state index in [9.17, 15) is 0 Å². The first-order valence-electron chi connectivity index (χ1n) is 13.9. The van der Waals surface area contributed by atoms with E-state index in [1.807, 2.05) is 12.4 Å². The molecule has 2 unspecified atom stereocenters. The molecule has 2 aliphatic rings. The number of nitrogens with one attached hydrogen (secondary N) is 2. The average Bonchev–Trinajstić information content (AvgIpc) is 3.56. The van der Waals surface area contributed by atoms with Crippen LogP contribution >= 0.6 is 0 Å². The van der Waals surface area contributed by atoms with Crippen LogP contribution < -0.4 is 0 Å². The highest BCUT2D eigenvalue weighted by Crippen LogP contribution is 2.31. The molecule has 4 rings (SSSR count). The molecule has 184 valence electrons. The van der Waals surface area contributed by atoms with Crippen molar-refractivity contribution in [1.29, 1.82) is 0 Å². The second-order valence-electron chi connectivity index (χ2n) is 11.0. The van der Waals surface area contributed by atoms with E-state index < -0.39 is 0 Å². The smallest absolute Gasteiger partial charge is 0.0921 e. The summed E-state index contributed by atoms with van der Waals surface area (Å²) >= 11 is 0. The zero-order chi connectivity index (χ0) is 22.6. The molecule has 33 heavy (non-hydrogen) atoms. The van der Waals surface area contributed by atoms with Gasteiger partial charge in [0.1, 0.15) is 0 Å². The number of rotatable bonds is 14. The third-order valence-electron chi connectivity index (χ3n) is 8.25. The number of imidazole rings is 2. The first kappa shape index (κ1) is 24.5. The Balaban J connectivity index is 1.26. The minimum absolute atomic E-state index is 0.582. The van der Waals surface area contributed by atoms with Gasteiger partial charge in [-0.05, 0) is 49.4 Å². The minimum Gasteiger partial charge on any atom is -0.381 e. The molecule has 2 saturated carbocycles. The Bertz CT molecular complexity index is 655. The van der Waals surface area contributed by atoms with Crippen LogP contribution in [0.4, 0.5) is 0 Å². The Morgan fingerprint density at radius 3 is 1.55 bits per heavy atom. The van der Waals surface area contributed by atoms with Crippen LogP contribution in [0, 0.1) is 23.7 Å². The quantitative estimate of drug-likeness (QED) is 0.327. The van der Waals surface area contributed by atoms with Gasteiger partial charge in [-0.2, -0.15) is 0 Å². The second kappa shape index (κ2) is 13.9. The molecule has 0 radical (unpaired) electrons. The molecule has 0 aliphatic heterocycles. The van der Waals surface area contributed by atoms with E-state index in [0.717, 1.165) is 37.9 Å². The van der Waals surface area contributed by atoms with Gasteiger partial charge in [0.15, 0.2) is 0 Å². The third-order valence-corrected chi connectivity index (χ3v) is 8.25. The van der Waals surface area contributed by atoms with Gasteiger partial charge in [-0.25, -0.2) is 9.97 Å². The summed E-state index contributed by atoms with van der Waals surface area (Å²) in [6.07, 6.45) is 29.3. The van der Waals surface area contributed by atoms with Crippen molar-refractivity contribution in [3.05, 3.63) is 36.4 Å². The number of aromatic amines is 2. The van der Waals surface area contributed by atoms with Gasteiger partial charge in [0.2, 0.25) is 0 Å². The van der Waals surface area contributed by atoms with Crippen LogP contribution in [0.1, 0.15) is 101 Å². The number of ether oxygens (including phenoxy) is 1. The number of H-pyrrole nitrogens is 2. The standard InChI is InChI=1S/C28H46N4O/c1-3-7-23(8-4-1)11-13-25(15-27-17-29-21-31-27)19-33-20-26(16-28-18-30-22-32-28)14-12-24-9-5-2-6-10-24/h17-18,21-26H,1-16,19-20H2,(H,29,31)(H,30,32). The minimum atomic E-state index is 0.582. The van der Waals surface area contributed by atoms with E-state index in [1.54, 1.807) is 12.7 Å². The Labute approximate surface area is 200 Å². The number of aromatic nitrogens is 4. The Hall–Kier alpha value is -1.62. The molecule has 0 amide bonds. The summed E-state index contributed by atoms with van der Waals surface area (Å²) in [7, 11) is 0. The molecule has 5 heteroatoms. The maximum atomic E-state index is 6.47. The van der Waals surface area contributed by atoms with Crippen LogP contribution in [0.5, 0.6) is 0 Å². The fourth-order valence-electron chi connectivity index (χ4n) is 6.20. The highest BCUT2D eigenvalue weighted by Gasteiger charge is 2.20. The first-order chi connectivity index (χ1) is 16.3. The fourth-order valence-corrected chi connectivity index (χ4v) is 6.20. The monoisotopic (exact) mass is 454 g/mol. The van der Waals surface area contributed by atoms with Crippen molar-refractivity contribution in [2.24, 2.45) is 23.7 Å². The van der Waals surface area contributed by atoms with E-state index >= 15 is 0 Å². The van der Waals surface area contributed by atoms with Crippen LogP contribution in [0.15, 0.2) is 25.0 Å². The van der Waals surface area contributed by atoms with Gasteiger partial charge in [-0.3, -0.25) is 0 Å². The van der Waals surface area contributed by atoms with Crippen LogP contribution in [0.25, 0.3) is 0 Å². The topological polar surface area (TPSA) is 66.6 Å². The van der Waals surface area contributed by atoms with Crippen molar-refractivity contribution in [1.82, 2.24) is 19.9 Å². The molecule has 0 spiro atoms. The molecular weight excluding hydrogens is 408 g/mol. The summed E-state index contributed by atoms with van der Waals surface area (Å²) in [5.41, 5.74) is 2.50. The van der Waals surface area contributed by atoms with E-state index in [4.69, 9.17) is 4.74 Å². The van der Waals surface area contributed by atoms with Gasteiger partial charge in [0.25, 0.3) is 0 Å². The average molecular weight is 455 g/mol. The molecule has 2 atom stereocenters. The predicted octanol–water partition coefficient (Wildman–Crippen LogP) is 6.89. The number of hydrogen-bond donors (Lipinski definition) is 2.